The van der Waals surface area contributed by atoms with Gasteiger partial charge >= 0.3 is 5.97 Å². The molecule has 4 heteroatoms. The molecule has 0 aromatic heterocycles. The lowest BCUT2D eigenvalue weighted by atomic mass is 9.75. The molecule has 1 aliphatic rings. The number of rotatable bonds is 5. The highest BCUT2D eigenvalue weighted by Gasteiger charge is 2.42. The van der Waals surface area contributed by atoms with Crippen molar-refractivity contribution >= 4 is 17.6 Å². The molecule has 1 heterocycles. The summed E-state index contributed by atoms with van der Waals surface area (Å²) in [6, 6.07) is 8.42. The highest BCUT2D eigenvalue weighted by Crippen LogP contribution is 2.41. The van der Waals surface area contributed by atoms with Gasteiger partial charge in [-0.25, -0.2) is 0 Å². The van der Waals surface area contributed by atoms with Crippen LogP contribution >= 0.6 is 11.6 Å². The van der Waals surface area contributed by atoms with Crippen molar-refractivity contribution < 1.29 is 9.53 Å². The van der Waals surface area contributed by atoms with E-state index in [0.717, 1.165) is 12.1 Å². The first-order chi connectivity index (χ1) is 12.5. The summed E-state index contributed by atoms with van der Waals surface area (Å²) < 4.78 is 5.11. The van der Waals surface area contributed by atoms with E-state index in [1.54, 1.807) is 0 Å². The Kier molecular flexibility index (Phi) is 9.50. The first kappa shape index (κ1) is 22.3. The molecule has 0 saturated carbocycles. The van der Waals surface area contributed by atoms with Gasteiger partial charge < -0.3 is 9.64 Å². The van der Waals surface area contributed by atoms with Crippen LogP contribution in [0.4, 0.5) is 0 Å². The maximum atomic E-state index is 12.5. The molecule has 3 unspecified atom stereocenters. The van der Waals surface area contributed by atoms with Gasteiger partial charge in [0.25, 0.3) is 0 Å². The Morgan fingerprint density at radius 2 is 1.92 bits per heavy atom. The van der Waals surface area contributed by atoms with Crippen LogP contribution in [0.3, 0.4) is 0 Å². The van der Waals surface area contributed by atoms with Crippen molar-refractivity contribution in [2.75, 3.05) is 19.5 Å². The fraction of sp³-hybridized carbons (Fsp3) is 0.500. The lowest BCUT2D eigenvalue weighted by Crippen LogP contribution is -2.48. The van der Waals surface area contributed by atoms with Gasteiger partial charge in [0.2, 0.25) is 0 Å². The average molecular weight is 378 g/mol. The number of alkyl halides is 1. The van der Waals surface area contributed by atoms with Crippen molar-refractivity contribution in [1.29, 1.82) is 0 Å². The first-order valence-corrected chi connectivity index (χ1v) is 9.82. The van der Waals surface area contributed by atoms with Crippen molar-refractivity contribution in [3.63, 3.8) is 0 Å². The zero-order valence-corrected chi connectivity index (χ0v) is 17.4. The number of piperidine rings is 1. The third kappa shape index (κ3) is 5.38. The third-order valence-corrected chi connectivity index (χ3v) is 5.02. The zero-order chi connectivity index (χ0) is 19.7. The van der Waals surface area contributed by atoms with E-state index in [-0.39, 0.29) is 23.8 Å². The number of benzene rings is 1. The second-order valence-electron chi connectivity index (χ2n) is 6.36. The van der Waals surface area contributed by atoms with Gasteiger partial charge in [-0.2, -0.15) is 0 Å². The summed E-state index contributed by atoms with van der Waals surface area (Å²) in [5, 5.41) is 0. The minimum Gasteiger partial charge on any atom is -0.469 e. The van der Waals surface area contributed by atoms with E-state index in [0.29, 0.717) is 12.4 Å². The smallest absolute Gasteiger partial charge is 0.311 e. The molecule has 3 nitrogen and oxygen atoms in total. The quantitative estimate of drug-likeness (QED) is 0.396. The van der Waals surface area contributed by atoms with Crippen LogP contribution in [0.25, 0.3) is 0 Å². The van der Waals surface area contributed by atoms with Crippen LogP contribution < -0.4 is 0 Å². The van der Waals surface area contributed by atoms with E-state index >= 15 is 0 Å². The molecule has 1 aromatic carbocycles. The van der Waals surface area contributed by atoms with E-state index in [4.69, 9.17) is 16.3 Å². The molecule has 0 spiro atoms. The Morgan fingerprint density at radius 3 is 2.46 bits per heavy atom. The molecule has 0 amide bonds. The van der Waals surface area contributed by atoms with Gasteiger partial charge in [0.15, 0.2) is 0 Å². The van der Waals surface area contributed by atoms with E-state index in [1.165, 1.54) is 18.2 Å². The molecule has 3 atom stereocenters. The Balaban J connectivity index is 0.00000163. The molecule has 1 aliphatic heterocycles. The number of hydrogen-bond acceptors (Lipinski definition) is 3. The largest absolute Gasteiger partial charge is 0.469 e. The number of carbonyl (C=O) groups excluding carboxylic acids is 1. The predicted molar refractivity (Wildman–Crippen MR) is 111 cm³/mol. The van der Waals surface area contributed by atoms with Crippen LogP contribution in [-0.2, 0) is 9.53 Å². The SMILES string of the molecule is C=C1CC(c2ccc(C)cc2)C(C(=O)OC)C(C)N1C/C=C/CCl.CC. The van der Waals surface area contributed by atoms with Gasteiger partial charge in [-0.3, -0.25) is 4.79 Å². The second-order valence-corrected chi connectivity index (χ2v) is 6.66. The van der Waals surface area contributed by atoms with Crippen LogP contribution in [0.15, 0.2) is 48.7 Å². The molecule has 0 N–H and O–H groups in total. The van der Waals surface area contributed by atoms with E-state index in [1.807, 2.05) is 26.0 Å². The van der Waals surface area contributed by atoms with Crippen LogP contribution in [0.1, 0.15) is 44.2 Å². The summed E-state index contributed by atoms with van der Waals surface area (Å²) in [6.45, 7) is 13.1. The topological polar surface area (TPSA) is 29.5 Å². The Morgan fingerprint density at radius 1 is 1.31 bits per heavy atom. The number of likely N-dealkylation sites (tertiary alicyclic amines) is 1. The van der Waals surface area contributed by atoms with E-state index in [9.17, 15) is 4.79 Å². The molecule has 26 heavy (non-hydrogen) atoms. The minimum atomic E-state index is -0.215. The lowest BCUT2D eigenvalue weighted by molar-refractivity contribution is -0.149. The number of ether oxygens (including phenoxy) is 1. The highest BCUT2D eigenvalue weighted by molar-refractivity contribution is 6.18. The number of nitrogens with zero attached hydrogens (tertiary/aromatic N) is 1. The van der Waals surface area contributed by atoms with Crippen molar-refractivity contribution in [2.45, 2.75) is 46.1 Å². The van der Waals surface area contributed by atoms with Gasteiger partial charge in [-0.1, -0.05) is 62.4 Å². The van der Waals surface area contributed by atoms with Gasteiger partial charge in [-0.05, 0) is 25.8 Å². The van der Waals surface area contributed by atoms with Crippen LogP contribution in [0.5, 0.6) is 0 Å². The molecule has 0 radical (unpaired) electrons. The zero-order valence-electron chi connectivity index (χ0n) is 16.7. The normalized spacial score (nSPS) is 22.8. The molecular formula is C22H32ClNO2. The number of hydrogen-bond donors (Lipinski definition) is 0. The van der Waals surface area contributed by atoms with Crippen LogP contribution in [0, 0.1) is 12.8 Å². The lowest BCUT2D eigenvalue weighted by Gasteiger charge is -2.45. The second kappa shape index (κ2) is 11.1. The molecule has 0 bridgehead atoms. The van der Waals surface area contributed by atoms with Crippen molar-refractivity contribution in [2.24, 2.45) is 5.92 Å². The van der Waals surface area contributed by atoms with E-state index < -0.39 is 0 Å². The van der Waals surface area contributed by atoms with Crippen LogP contribution in [0.2, 0.25) is 0 Å². The molecular weight excluding hydrogens is 346 g/mol. The van der Waals surface area contributed by atoms with Crippen LogP contribution in [-0.4, -0.2) is 36.4 Å². The number of methoxy groups -OCH3 is 1. The third-order valence-electron chi connectivity index (χ3n) is 4.84. The summed E-state index contributed by atoms with van der Waals surface area (Å²) in [5.41, 5.74) is 3.43. The Labute approximate surface area is 163 Å². The molecule has 1 aromatic rings. The number of esters is 1. The summed E-state index contributed by atoms with van der Waals surface area (Å²) in [7, 11) is 1.46. The maximum Gasteiger partial charge on any atom is 0.311 e. The summed E-state index contributed by atoms with van der Waals surface area (Å²) in [5.74, 6) is 0.203. The van der Waals surface area contributed by atoms with Gasteiger partial charge in [0.1, 0.15) is 0 Å². The highest BCUT2D eigenvalue weighted by atomic mass is 35.5. The fourth-order valence-electron chi connectivity index (χ4n) is 3.50. The summed E-state index contributed by atoms with van der Waals surface area (Å²) in [4.78, 5) is 14.7. The van der Waals surface area contributed by atoms with Crippen molar-refractivity contribution in [1.82, 2.24) is 4.90 Å². The maximum absolute atomic E-state index is 12.5. The number of allylic oxidation sites excluding steroid dienone is 2. The Hall–Kier alpha value is -1.74. The molecule has 0 aliphatic carbocycles. The minimum absolute atomic E-state index is 0.0185. The number of carbonyl (C=O) groups is 1. The van der Waals surface area contributed by atoms with Gasteiger partial charge in [0.05, 0.1) is 13.0 Å². The Bertz CT molecular complexity index is 609. The van der Waals surface area contributed by atoms with Crippen molar-refractivity contribution in [3.8, 4) is 0 Å². The molecule has 2 rings (SSSR count). The summed E-state index contributed by atoms with van der Waals surface area (Å²) >= 11 is 5.71. The molecule has 1 saturated heterocycles. The summed E-state index contributed by atoms with van der Waals surface area (Å²) in [6.07, 6.45) is 4.69. The molecule has 144 valence electrons. The predicted octanol–water partition coefficient (Wildman–Crippen LogP) is 5.30. The molecule has 1 fully saturated rings. The van der Waals surface area contributed by atoms with Gasteiger partial charge in [0, 0.05) is 30.1 Å². The van der Waals surface area contributed by atoms with E-state index in [2.05, 4.69) is 49.6 Å². The average Bonchev–Trinajstić information content (AvgIpc) is 2.65. The van der Waals surface area contributed by atoms with Gasteiger partial charge in [-0.15, -0.1) is 11.6 Å². The number of halogens is 1. The monoisotopic (exact) mass is 377 g/mol. The fourth-order valence-corrected chi connectivity index (χ4v) is 3.62. The van der Waals surface area contributed by atoms with Crippen molar-refractivity contribution in [3.05, 3.63) is 59.8 Å². The first-order valence-electron chi connectivity index (χ1n) is 9.29. The standard InChI is InChI=1S/C20H26ClNO2.C2H6/c1-14-7-9-17(10-8-14)18-13-15(2)22(12-6-5-11-21)16(3)19(18)20(23)24-4;1-2/h5-10,16,18-19H,2,11-13H2,1,3-4H3;1-2H3/b6-5+;. The number of aryl methyl sites for hydroxylation is 1.